The van der Waals surface area contributed by atoms with Gasteiger partial charge in [0.1, 0.15) is 0 Å². The number of hydrogen-bond donors (Lipinski definition) is 1. The van der Waals surface area contributed by atoms with E-state index in [1.165, 1.54) is 6.07 Å². The Hall–Kier alpha value is -3.28. The number of hydrogen-bond acceptors (Lipinski definition) is 4. The van der Waals surface area contributed by atoms with Gasteiger partial charge in [-0.15, -0.1) is 0 Å². The van der Waals surface area contributed by atoms with Crippen LogP contribution in [0.5, 0.6) is 0 Å². The van der Waals surface area contributed by atoms with Crippen LogP contribution in [0.3, 0.4) is 0 Å². The number of aromatic nitrogens is 2. The molecule has 0 spiro atoms. The summed E-state index contributed by atoms with van der Waals surface area (Å²) in [7, 11) is 0. The quantitative estimate of drug-likeness (QED) is 0.578. The van der Waals surface area contributed by atoms with E-state index >= 15 is 0 Å². The Kier molecular flexibility index (Phi) is 3.85. The molecule has 3 heterocycles. The zero-order valence-electron chi connectivity index (χ0n) is 13.5. The fraction of sp³-hybridized carbons (Fsp3) is 0.158. The van der Waals surface area contributed by atoms with E-state index in [0.29, 0.717) is 0 Å². The summed E-state index contributed by atoms with van der Waals surface area (Å²) in [6.45, 7) is 0.806. The second-order valence-corrected chi connectivity index (χ2v) is 5.98. The van der Waals surface area contributed by atoms with E-state index in [1.807, 2.05) is 24.5 Å². The smallest absolute Gasteiger partial charge is 0.270 e. The first-order valence-electron chi connectivity index (χ1n) is 8.14. The Morgan fingerprint density at radius 3 is 3.00 bits per heavy atom. The summed E-state index contributed by atoms with van der Waals surface area (Å²) in [6.07, 6.45) is 9.45. The number of rotatable bonds is 3. The van der Waals surface area contributed by atoms with Crippen LogP contribution in [-0.2, 0) is 0 Å². The summed E-state index contributed by atoms with van der Waals surface area (Å²) in [6, 6.07) is 8.78. The molecular formula is C19H16N4O2. The van der Waals surface area contributed by atoms with Gasteiger partial charge in [0.2, 0.25) is 0 Å². The van der Waals surface area contributed by atoms with Crippen molar-refractivity contribution >= 4 is 28.4 Å². The third kappa shape index (κ3) is 2.94. The number of nitro groups is 1. The van der Waals surface area contributed by atoms with Crippen LogP contribution in [0.4, 0.5) is 5.69 Å². The van der Waals surface area contributed by atoms with Crippen LogP contribution in [0.25, 0.3) is 17.0 Å². The summed E-state index contributed by atoms with van der Waals surface area (Å²) < 4.78 is 0. The number of nitro benzene ring substituents is 1. The van der Waals surface area contributed by atoms with Gasteiger partial charge in [0.25, 0.3) is 5.69 Å². The van der Waals surface area contributed by atoms with Crippen molar-refractivity contribution in [1.82, 2.24) is 9.97 Å². The number of nitrogens with zero attached hydrogens (tertiary/aromatic N) is 3. The molecule has 0 aliphatic carbocycles. The maximum absolute atomic E-state index is 11.1. The maximum Gasteiger partial charge on any atom is 0.270 e. The molecule has 0 saturated carbocycles. The highest BCUT2D eigenvalue weighted by Crippen LogP contribution is 2.28. The molecule has 0 bridgehead atoms. The van der Waals surface area contributed by atoms with Gasteiger partial charge in [-0.3, -0.25) is 20.1 Å². The lowest BCUT2D eigenvalue weighted by Gasteiger charge is -2.16. The first kappa shape index (κ1) is 15.3. The number of fused-ring (bicyclic) bond motifs is 1. The molecule has 1 aliphatic heterocycles. The van der Waals surface area contributed by atoms with Crippen LogP contribution in [-0.4, -0.2) is 27.1 Å². The largest absolute Gasteiger partial charge is 0.361 e. The Labute approximate surface area is 144 Å². The van der Waals surface area contributed by atoms with Gasteiger partial charge in [-0.2, -0.15) is 0 Å². The minimum atomic E-state index is -0.369. The van der Waals surface area contributed by atoms with Crippen LogP contribution in [0.2, 0.25) is 0 Å². The van der Waals surface area contributed by atoms with Gasteiger partial charge < -0.3 is 4.98 Å². The Bertz CT molecular complexity index is 1000. The normalized spacial score (nSPS) is 16.2. The van der Waals surface area contributed by atoms with E-state index in [2.05, 4.69) is 21.0 Å². The summed E-state index contributed by atoms with van der Waals surface area (Å²) in [5, 5.41) is 11.9. The minimum absolute atomic E-state index is 0.0940. The van der Waals surface area contributed by atoms with Crippen LogP contribution >= 0.6 is 0 Å². The molecule has 124 valence electrons. The first-order chi connectivity index (χ1) is 12.2. The lowest BCUT2D eigenvalue weighted by molar-refractivity contribution is -0.384. The predicted molar refractivity (Wildman–Crippen MR) is 97.8 cm³/mol. The average Bonchev–Trinajstić information content (AvgIpc) is 3.05. The number of aromatic amines is 1. The number of allylic oxidation sites excluding steroid dienone is 1. The first-order valence-corrected chi connectivity index (χ1v) is 8.14. The van der Waals surface area contributed by atoms with Crippen LogP contribution in [0.1, 0.15) is 24.0 Å². The highest BCUT2D eigenvalue weighted by molar-refractivity contribution is 6.15. The monoisotopic (exact) mass is 332 g/mol. The molecule has 6 nitrogen and oxygen atoms in total. The SMILES string of the molecule is O=[N+]([O-])c1ccc2[nH]cc(/C=C3\CCCN=C3c3cccnc3)c2c1. The van der Waals surface area contributed by atoms with Crippen molar-refractivity contribution in [2.75, 3.05) is 6.54 Å². The molecule has 0 atom stereocenters. The molecule has 1 aliphatic rings. The average molecular weight is 332 g/mol. The third-order valence-corrected chi connectivity index (χ3v) is 4.35. The summed E-state index contributed by atoms with van der Waals surface area (Å²) in [4.78, 5) is 22.7. The molecule has 0 saturated heterocycles. The maximum atomic E-state index is 11.1. The minimum Gasteiger partial charge on any atom is -0.361 e. The summed E-state index contributed by atoms with van der Waals surface area (Å²) in [5.41, 5.74) is 5.00. The molecule has 1 aromatic carbocycles. The lowest BCUT2D eigenvalue weighted by Crippen LogP contribution is -2.11. The molecule has 1 N–H and O–H groups in total. The molecule has 4 rings (SSSR count). The van der Waals surface area contributed by atoms with Crippen molar-refractivity contribution in [1.29, 1.82) is 0 Å². The Morgan fingerprint density at radius 2 is 2.20 bits per heavy atom. The Morgan fingerprint density at radius 1 is 1.28 bits per heavy atom. The van der Waals surface area contributed by atoms with Gasteiger partial charge >= 0.3 is 0 Å². The van der Waals surface area contributed by atoms with Crippen LogP contribution in [0.15, 0.2) is 59.5 Å². The number of pyridine rings is 1. The molecule has 2 aromatic heterocycles. The van der Waals surface area contributed by atoms with Gasteiger partial charge in [0.15, 0.2) is 0 Å². The van der Waals surface area contributed by atoms with E-state index < -0.39 is 0 Å². The second-order valence-electron chi connectivity index (χ2n) is 5.98. The molecule has 0 unspecified atom stereocenters. The molecule has 6 heteroatoms. The van der Waals surface area contributed by atoms with E-state index in [-0.39, 0.29) is 10.6 Å². The molecule has 25 heavy (non-hydrogen) atoms. The lowest BCUT2D eigenvalue weighted by atomic mass is 9.95. The number of aliphatic imine (C=N–C) groups is 1. The van der Waals surface area contributed by atoms with Gasteiger partial charge in [0, 0.05) is 59.3 Å². The van der Waals surface area contributed by atoms with Crippen molar-refractivity contribution in [2.45, 2.75) is 12.8 Å². The predicted octanol–water partition coefficient (Wildman–Crippen LogP) is 4.14. The van der Waals surface area contributed by atoms with Crippen LogP contribution in [0, 0.1) is 10.1 Å². The topological polar surface area (TPSA) is 84.2 Å². The van der Waals surface area contributed by atoms with E-state index in [4.69, 9.17) is 0 Å². The fourth-order valence-electron chi connectivity index (χ4n) is 3.15. The van der Waals surface area contributed by atoms with Crippen molar-refractivity contribution in [3.8, 4) is 0 Å². The standard InChI is InChI=1S/C19H16N4O2/c24-23(25)16-5-6-18-17(10-16)15(12-22-18)9-13-3-2-8-21-19(13)14-4-1-7-20-11-14/h1,4-7,9-12,22H,2-3,8H2/b13-9+. The zero-order chi connectivity index (χ0) is 17.2. The summed E-state index contributed by atoms with van der Waals surface area (Å²) in [5.74, 6) is 0. The van der Waals surface area contributed by atoms with Gasteiger partial charge in [-0.25, -0.2) is 0 Å². The van der Waals surface area contributed by atoms with Crippen LogP contribution < -0.4 is 0 Å². The van der Waals surface area contributed by atoms with E-state index in [0.717, 1.165) is 52.7 Å². The Balaban J connectivity index is 1.80. The third-order valence-electron chi connectivity index (χ3n) is 4.35. The van der Waals surface area contributed by atoms with Crippen molar-refractivity contribution in [3.05, 3.63) is 75.7 Å². The zero-order valence-corrected chi connectivity index (χ0v) is 13.5. The second kappa shape index (κ2) is 6.32. The van der Waals surface area contributed by atoms with Gasteiger partial charge in [0.05, 0.1) is 10.6 Å². The van der Waals surface area contributed by atoms with E-state index in [9.17, 15) is 10.1 Å². The number of non-ortho nitro benzene ring substituents is 1. The highest BCUT2D eigenvalue weighted by atomic mass is 16.6. The van der Waals surface area contributed by atoms with Gasteiger partial charge in [-0.05, 0) is 42.7 Å². The number of H-pyrrole nitrogens is 1. The molecular weight excluding hydrogens is 316 g/mol. The number of benzene rings is 1. The van der Waals surface area contributed by atoms with E-state index in [1.54, 1.807) is 18.3 Å². The number of nitrogens with one attached hydrogen (secondary N) is 1. The highest BCUT2D eigenvalue weighted by Gasteiger charge is 2.16. The van der Waals surface area contributed by atoms with Crippen molar-refractivity contribution in [2.24, 2.45) is 4.99 Å². The molecule has 3 aromatic rings. The molecule has 0 fully saturated rings. The van der Waals surface area contributed by atoms with Crippen molar-refractivity contribution in [3.63, 3.8) is 0 Å². The van der Waals surface area contributed by atoms with Gasteiger partial charge in [-0.1, -0.05) is 0 Å². The van der Waals surface area contributed by atoms with Crippen molar-refractivity contribution < 1.29 is 4.92 Å². The fourth-order valence-corrected chi connectivity index (χ4v) is 3.15. The summed E-state index contributed by atoms with van der Waals surface area (Å²) >= 11 is 0. The molecule has 0 radical (unpaired) electrons. The molecule has 0 amide bonds.